The summed E-state index contributed by atoms with van der Waals surface area (Å²) in [5.41, 5.74) is -0.0803. The van der Waals surface area contributed by atoms with Crippen molar-refractivity contribution in [1.82, 2.24) is 9.80 Å². The van der Waals surface area contributed by atoms with Gasteiger partial charge in [-0.15, -0.1) is 0 Å². The summed E-state index contributed by atoms with van der Waals surface area (Å²) in [4.78, 5) is 16.1. The number of aliphatic hydroxyl groups excluding tert-OH is 1. The minimum Gasteiger partial charge on any atom is -0.467 e. The van der Waals surface area contributed by atoms with Gasteiger partial charge in [0.05, 0.1) is 16.8 Å². The van der Waals surface area contributed by atoms with Gasteiger partial charge in [0.2, 0.25) is 0 Å². The van der Waals surface area contributed by atoms with Gasteiger partial charge in [-0.1, -0.05) is 17.7 Å². The van der Waals surface area contributed by atoms with Crippen LogP contribution in [-0.2, 0) is 0 Å². The Morgan fingerprint density at radius 3 is 2.62 bits per heavy atom. The maximum absolute atomic E-state index is 13.9. The van der Waals surface area contributed by atoms with Crippen molar-refractivity contribution in [3.05, 3.63) is 58.8 Å². The normalized spacial score (nSPS) is 17.0. The van der Waals surface area contributed by atoms with Gasteiger partial charge in [0.15, 0.2) is 0 Å². The molecule has 3 rings (SSSR count). The van der Waals surface area contributed by atoms with Crippen LogP contribution in [0.4, 0.5) is 4.39 Å². The van der Waals surface area contributed by atoms with E-state index < -0.39 is 17.8 Å². The summed E-state index contributed by atoms with van der Waals surface area (Å²) in [6, 6.07) is 7.67. The molecule has 0 saturated carbocycles. The van der Waals surface area contributed by atoms with Crippen molar-refractivity contribution in [3.63, 3.8) is 0 Å². The zero-order chi connectivity index (χ0) is 17.1. The van der Waals surface area contributed by atoms with Crippen molar-refractivity contribution in [2.45, 2.75) is 6.10 Å². The van der Waals surface area contributed by atoms with Crippen LogP contribution in [-0.4, -0.2) is 53.5 Å². The molecule has 1 aromatic heterocycles. The molecule has 2 aromatic rings. The smallest absolute Gasteiger partial charge is 0.258 e. The van der Waals surface area contributed by atoms with E-state index in [1.165, 1.54) is 24.5 Å². The molecule has 1 unspecified atom stereocenters. The summed E-state index contributed by atoms with van der Waals surface area (Å²) >= 11 is 5.96. The Kier molecular flexibility index (Phi) is 5.18. The molecular formula is C17H18ClFN2O3. The molecule has 1 aliphatic heterocycles. The third kappa shape index (κ3) is 3.61. The van der Waals surface area contributed by atoms with Gasteiger partial charge in [0.25, 0.3) is 5.91 Å². The van der Waals surface area contributed by atoms with E-state index >= 15 is 0 Å². The predicted molar refractivity (Wildman–Crippen MR) is 87.4 cm³/mol. The predicted octanol–water partition coefficient (Wildman–Crippen LogP) is 2.56. The van der Waals surface area contributed by atoms with E-state index in [0.29, 0.717) is 38.5 Å². The van der Waals surface area contributed by atoms with Crippen molar-refractivity contribution in [2.75, 3.05) is 32.7 Å². The second-order valence-electron chi connectivity index (χ2n) is 5.72. The lowest BCUT2D eigenvalue weighted by molar-refractivity contribution is 0.0483. The largest absolute Gasteiger partial charge is 0.467 e. The van der Waals surface area contributed by atoms with Crippen molar-refractivity contribution < 1.29 is 18.7 Å². The number of amides is 1. The maximum atomic E-state index is 13.9. The molecule has 0 spiro atoms. The Balaban J connectivity index is 1.58. The molecule has 2 heterocycles. The quantitative estimate of drug-likeness (QED) is 0.918. The molecule has 1 saturated heterocycles. The summed E-state index contributed by atoms with van der Waals surface area (Å²) in [7, 11) is 0. The fraction of sp³-hybridized carbons (Fsp3) is 0.353. The molecule has 5 nitrogen and oxygen atoms in total. The first-order chi connectivity index (χ1) is 11.6. The lowest BCUT2D eigenvalue weighted by Gasteiger charge is -2.35. The van der Waals surface area contributed by atoms with Crippen molar-refractivity contribution in [3.8, 4) is 0 Å². The monoisotopic (exact) mass is 352 g/mol. The molecule has 1 aromatic carbocycles. The van der Waals surface area contributed by atoms with Crippen molar-refractivity contribution in [2.24, 2.45) is 0 Å². The number of β-amino-alcohol motifs (C(OH)–C–C–N with tert-alkyl or cyclic N) is 1. The first-order valence-corrected chi connectivity index (χ1v) is 8.11. The number of hydrogen-bond acceptors (Lipinski definition) is 4. The lowest BCUT2D eigenvalue weighted by atomic mass is 10.1. The Hall–Kier alpha value is -1.89. The fourth-order valence-corrected chi connectivity index (χ4v) is 3.05. The summed E-state index contributed by atoms with van der Waals surface area (Å²) in [6.45, 7) is 2.52. The molecule has 1 aliphatic rings. The van der Waals surface area contributed by atoms with Crippen molar-refractivity contribution >= 4 is 17.5 Å². The van der Waals surface area contributed by atoms with Crippen LogP contribution in [0.15, 0.2) is 41.0 Å². The molecule has 1 amide bonds. The molecule has 24 heavy (non-hydrogen) atoms. The van der Waals surface area contributed by atoms with Crippen molar-refractivity contribution in [1.29, 1.82) is 0 Å². The highest BCUT2D eigenvalue weighted by Crippen LogP contribution is 2.22. The average Bonchev–Trinajstić information content (AvgIpc) is 3.10. The van der Waals surface area contributed by atoms with Gasteiger partial charge in [0, 0.05) is 32.7 Å². The molecule has 0 aliphatic carbocycles. The number of furan rings is 1. The van der Waals surface area contributed by atoms with E-state index in [0.717, 1.165) is 0 Å². The number of halogens is 2. The molecule has 128 valence electrons. The Morgan fingerprint density at radius 2 is 2.00 bits per heavy atom. The SMILES string of the molecule is O=C(c1c(F)cccc1Cl)N1CCN(CC(O)c2ccco2)CC1. The maximum Gasteiger partial charge on any atom is 0.258 e. The number of aliphatic hydroxyl groups is 1. The highest BCUT2D eigenvalue weighted by molar-refractivity contribution is 6.33. The van der Waals surface area contributed by atoms with E-state index in [1.54, 1.807) is 17.0 Å². The van der Waals surface area contributed by atoms with E-state index in [9.17, 15) is 14.3 Å². The Labute approximate surface area is 144 Å². The van der Waals surface area contributed by atoms with Gasteiger partial charge in [0.1, 0.15) is 17.7 Å². The van der Waals surface area contributed by atoms with Gasteiger partial charge >= 0.3 is 0 Å². The second kappa shape index (κ2) is 7.34. The zero-order valence-corrected chi connectivity index (χ0v) is 13.7. The van der Waals surface area contributed by atoms with Gasteiger partial charge in [-0.05, 0) is 24.3 Å². The summed E-state index contributed by atoms with van der Waals surface area (Å²) in [6.07, 6.45) is 0.816. The van der Waals surface area contributed by atoms with Crippen LogP contribution in [0, 0.1) is 5.82 Å². The first-order valence-electron chi connectivity index (χ1n) is 7.73. The summed E-state index contributed by atoms with van der Waals surface area (Å²) in [5.74, 6) is -0.487. The zero-order valence-electron chi connectivity index (χ0n) is 13.0. The molecule has 0 bridgehead atoms. The van der Waals surface area contributed by atoms with E-state index in [1.807, 2.05) is 4.90 Å². The van der Waals surface area contributed by atoms with Gasteiger partial charge < -0.3 is 14.4 Å². The number of carbonyl (C=O) groups is 1. The molecule has 1 fully saturated rings. The third-order valence-electron chi connectivity index (χ3n) is 4.14. The van der Waals surface area contributed by atoms with E-state index in [2.05, 4.69) is 0 Å². The summed E-state index contributed by atoms with van der Waals surface area (Å²) < 4.78 is 19.1. The van der Waals surface area contributed by atoms with Crippen LogP contribution in [0.2, 0.25) is 5.02 Å². The molecule has 1 atom stereocenters. The average molecular weight is 353 g/mol. The first kappa shape index (κ1) is 17.0. The molecular weight excluding hydrogens is 335 g/mol. The number of nitrogens with zero attached hydrogens (tertiary/aromatic N) is 2. The molecule has 1 N–H and O–H groups in total. The number of hydrogen-bond donors (Lipinski definition) is 1. The topological polar surface area (TPSA) is 56.9 Å². The number of carbonyl (C=O) groups excluding carboxylic acids is 1. The molecule has 0 radical (unpaired) electrons. The second-order valence-corrected chi connectivity index (χ2v) is 6.13. The van der Waals surface area contributed by atoms with Crippen LogP contribution in [0.25, 0.3) is 0 Å². The highest BCUT2D eigenvalue weighted by atomic mass is 35.5. The minimum atomic E-state index is -0.705. The standard InChI is InChI=1S/C17H18ClFN2O3/c18-12-3-1-4-13(19)16(12)17(23)21-8-6-20(7-9-21)11-14(22)15-5-2-10-24-15/h1-5,10,14,22H,6-9,11H2. The lowest BCUT2D eigenvalue weighted by Crippen LogP contribution is -2.49. The van der Waals surface area contributed by atoms with Crippen LogP contribution in [0.1, 0.15) is 22.2 Å². The van der Waals surface area contributed by atoms with Crippen LogP contribution in [0.5, 0.6) is 0 Å². The van der Waals surface area contributed by atoms with Crippen LogP contribution in [0.3, 0.4) is 0 Å². The van der Waals surface area contributed by atoms with E-state index in [4.69, 9.17) is 16.0 Å². The van der Waals surface area contributed by atoms with Gasteiger partial charge in [-0.25, -0.2) is 4.39 Å². The van der Waals surface area contributed by atoms with Gasteiger partial charge in [-0.3, -0.25) is 9.69 Å². The van der Waals surface area contributed by atoms with Gasteiger partial charge in [-0.2, -0.15) is 0 Å². The Morgan fingerprint density at radius 1 is 1.25 bits per heavy atom. The minimum absolute atomic E-state index is 0.0803. The highest BCUT2D eigenvalue weighted by Gasteiger charge is 2.27. The van der Waals surface area contributed by atoms with E-state index in [-0.39, 0.29) is 10.6 Å². The third-order valence-corrected chi connectivity index (χ3v) is 4.45. The fourth-order valence-electron chi connectivity index (χ4n) is 2.81. The summed E-state index contributed by atoms with van der Waals surface area (Å²) in [5, 5.41) is 10.2. The van der Waals surface area contributed by atoms with Crippen LogP contribution < -0.4 is 0 Å². The van der Waals surface area contributed by atoms with Crippen LogP contribution >= 0.6 is 11.6 Å². The number of rotatable bonds is 4. The number of piperazine rings is 1. The number of benzene rings is 1. The molecule has 7 heteroatoms. The Bertz CT molecular complexity index is 680.